The van der Waals surface area contributed by atoms with Crippen LogP contribution in [0.2, 0.25) is 0 Å². The van der Waals surface area contributed by atoms with Crippen molar-refractivity contribution in [1.82, 2.24) is 4.90 Å². The number of hydrogen-bond donors (Lipinski definition) is 1. The first-order valence-corrected chi connectivity index (χ1v) is 7.37. The van der Waals surface area contributed by atoms with Crippen molar-refractivity contribution in [3.63, 3.8) is 0 Å². The van der Waals surface area contributed by atoms with Crippen LogP contribution in [0, 0.1) is 11.8 Å². The molecule has 1 saturated carbocycles. The van der Waals surface area contributed by atoms with Crippen molar-refractivity contribution in [2.75, 3.05) is 19.7 Å². The van der Waals surface area contributed by atoms with Crippen LogP contribution in [0.25, 0.3) is 0 Å². The second-order valence-electron chi connectivity index (χ2n) is 6.23. The van der Waals surface area contributed by atoms with E-state index in [1.807, 2.05) is 0 Å². The molecule has 4 nitrogen and oxygen atoms in total. The first-order chi connectivity index (χ1) is 8.72. The van der Waals surface area contributed by atoms with Gasteiger partial charge in [0.25, 0.3) is 0 Å². The Morgan fingerprint density at radius 2 is 2.06 bits per heavy atom. The Kier molecular flexibility index (Phi) is 3.57. The molecule has 2 saturated heterocycles. The van der Waals surface area contributed by atoms with Crippen molar-refractivity contribution in [3.05, 3.63) is 0 Å². The Morgan fingerprint density at radius 1 is 1.22 bits per heavy atom. The summed E-state index contributed by atoms with van der Waals surface area (Å²) in [5.74, 6) is 1.66. The molecular formula is C14H24N2O2. The fourth-order valence-electron chi connectivity index (χ4n) is 3.80. The molecular weight excluding hydrogens is 228 g/mol. The number of hydrogen-bond acceptors (Lipinski definition) is 3. The van der Waals surface area contributed by atoms with Gasteiger partial charge in [-0.05, 0) is 43.9 Å². The minimum absolute atomic E-state index is 0.183. The lowest BCUT2D eigenvalue weighted by atomic mass is 9.79. The van der Waals surface area contributed by atoms with E-state index in [1.165, 1.54) is 6.42 Å². The van der Waals surface area contributed by atoms with E-state index in [0.717, 1.165) is 45.4 Å². The molecule has 3 rings (SSSR count). The quantitative estimate of drug-likeness (QED) is 0.802. The summed E-state index contributed by atoms with van der Waals surface area (Å²) in [5.41, 5.74) is 6.02. The van der Waals surface area contributed by atoms with Crippen LogP contribution < -0.4 is 5.73 Å². The SMILES string of the molecule is NC1CC[C@H]2CN(C(=O)CC3CCCO3)C[C@H]2C1. The minimum atomic E-state index is 0.183. The molecule has 0 spiro atoms. The van der Waals surface area contributed by atoms with E-state index in [0.29, 0.717) is 30.2 Å². The molecule has 4 heteroatoms. The van der Waals surface area contributed by atoms with Crippen LogP contribution in [0.1, 0.15) is 38.5 Å². The Bertz CT molecular complexity index is 315. The second-order valence-corrected chi connectivity index (χ2v) is 6.23. The van der Waals surface area contributed by atoms with Gasteiger partial charge < -0.3 is 15.4 Å². The Balaban J connectivity index is 1.52. The summed E-state index contributed by atoms with van der Waals surface area (Å²) in [6, 6.07) is 0.361. The summed E-state index contributed by atoms with van der Waals surface area (Å²) in [7, 11) is 0. The van der Waals surface area contributed by atoms with E-state index in [4.69, 9.17) is 10.5 Å². The zero-order valence-corrected chi connectivity index (χ0v) is 11.0. The maximum absolute atomic E-state index is 12.2. The fraction of sp³-hybridized carbons (Fsp3) is 0.929. The van der Waals surface area contributed by atoms with Crippen LogP contribution in [0.5, 0.6) is 0 Å². The van der Waals surface area contributed by atoms with Crippen LogP contribution >= 0.6 is 0 Å². The lowest BCUT2D eigenvalue weighted by Crippen LogP contribution is -2.32. The molecule has 4 atom stereocenters. The van der Waals surface area contributed by atoms with Crippen molar-refractivity contribution < 1.29 is 9.53 Å². The summed E-state index contributed by atoms with van der Waals surface area (Å²) in [6.45, 7) is 2.73. The van der Waals surface area contributed by atoms with Gasteiger partial charge in [0.2, 0.25) is 5.91 Å². The van der Waals surface area contributed by atoms with E-state index in [9.17, 15) is 4.79 Å². The van der Waals surface area contributed by atoms with Gasteiger partial charge in [-0.15, -0.1) is 0 Å². The number of nitrogens with zero attached hydrogens (tertiary/aromatic N) is 1. The fourth-order valence-corrected chi connectivity index (χ4v) is 3.80. The van der Waals surface area contributed by atoms with E-state index in [-0.39, 0.29) is 6.10 Å². The molecule has 0 radical (unpaired) electrons. The second kappa shape index (κ2) is 5.17. The van der Waals surface area contributed by atoms with Crippen LogP contribution in [-0.2, 0) is 9.53 Å². The van der Waals surface area contributed by atoms with Crippen LogP contribution in [-0.4, -0.2) is 42.6 Å². The zero-order chi connectivity index (χ0) is 12.5. The number of amides is 1. The van der Waals surface area contributed by atoms with E-state index >= 15 is 0 Å². The lowest BCUT2D eigenvalue weighted by Gasteiger charge is -2.27. The van der Waals surface area contributed by atoms with Crippen LogP contribution in [0.15, 0.2) is 0 Å². The van der Waals surface area contributed by atoms with Gasteiger partial charge in [0.15, 0.2) is 0 Å². The number of nitrogens with two attached hydrogens (primary N) is 1. The molecule has 0 bridgehead atoms. The van der Waals surface area contributed by atoms with Crippen LogP contribution in [0.4, 0.5) is 0 Å². The summed E-state index contributed by atoms with van der Waals surface area (Å²) < 4.78 is 5.55. The number of carbonyl (C=O) groups excluding carboxylic acids is 1. The number of ether oxygens (including phenoxy) is 1. The third-order valence-corrected chi connectivity index (χ3v) is 4.87. The Morgan fingerprint density at radius 3 is 2.83 bits per heavy atom. The van der Waals surface area contributed by atoms with Gasteiger partial charge in [-0.3, -0.25) is 4.79 Å². The molecule has 1 amide bonds. The molecule has 3 fully saturated rings. The summed E-state index contributed by atoms with van der Waals surface area (Å²) >= 11 is 0. The number of carbonyl (C=O) groups is 1. The summed E-state index contributed by atoms with van der Waals surface area (Å²) in [5, 5.41) is 0. The van der Waals surface area contributed by atoms with Crippen molar-refractivity contribution in [2.24, 2.45) is 17.6 Å². The molecule has 2 heterocycles. The number of rotatable bonds is 2. The maximum atomic E-state index is 12.2. The number of likely N-dealkylation sites (tertiary alicyclic amines) is 1. The van der Waals surface area contributed by atoms with Gasteiger partial charge in [0.1, 0.15) is 0 Å². The molecule has 18 heavy (non-hydrogen) atoms. The van der Waals surface area contributed by atoms with E-state index < -0.39 is 0 Å². The molecule has 2 unspecified atom stereocenters. The van der Waals surface area contributed by atoms with Crippen molar-refractivity contribution in [2.45, 2.75) is 50.7 Å². The molecule has 0 aromatic carbocycles. The smallest absolute Gasteiger partial charge is 0.225 e. The molecule has 2 aliphatic heterocycles. The monoisotopic (exact) mass is 252 g/mol. The van der Waals surface area contributed by atoms with Gasteiger partial charge in [-0.2, -0.15) is 0 Å². The highest BCUT2D eigenvalue weighted by molar-refractivity contribution is 5.77. The largest absolute Gasteiger partial charge is 0.378 e. The van der Waals surface area contributed by atoms with Gasteiger partial charge in [-0.25, -0.2) is 0 Å². The molecule has 1 aliphatic carbocycles. The highest BCUT2D eigenvalue weighted by Gasteiger charge is 2.38. The molecule has 0 aromatic rings. The Labute approximate surface area is 109 Å². The van der Waals surface area contributed by atoms with E-state index in [1.54, 1.807) is 0 Å². The average Bonchev–Trinajstić information content (AvgIpc) is 2.96. The third kappa shape index (κ3) is 2.54. The average molecular weight is 252 g/mol. The van der Waals surface area contributed by atoms with Gasteiger partial charge >= 0.3 is 0 Å². The first kappa shape index (κ1) is 12.4. The topological polar surface area (TPSA) is 55.6 Å². The van der Waals surface area contributed by atoms with Crippen molar-refractivity contribution in [3.8, 4) is 0 Å². The molecule has 3 aliphatic rings. The predicted molar refractivity (Wildman–Crippen MR) is 69.0 cm³/mol. The van der Waals surface area contributed by atoms with Gasteiger partial charge in [0, 0.05) is 25.7 Å². The number of fused-ring (bicyclic) bond motifs is 1. The lowest BCUT2D eigenvalue weighted by molar-refractivity contribution is -0.132. The van der Waals surface area contributed by atoms with Gasteiger partial charge in [-0.1, -0.05) is 0 Å². The molecule has 0 aromatic heterocycles. The zero-order valence-electron chi connectivity index (χ0n) is 11.0. The summed E-state index contributed by atoms with van der Waals surface area (Å²) in [4.78, 5) is 14.3. The first-order valence-electron chi connectivity index (χ1n) is 7.37. The Hall–Kier alpha value is -0.610. The van der Waals surface area contributed by atoms with Gasteiger partial charge in [0.05, 0.1) is 12.5 Å². The maximum Gasteiger partial charge on any atom is 0.225 e. The molecule has 2 N–H and O–H groups in total. The normalized spacial score (nSPS) is 39.9. The van der Waals surface area contributed by atoms with Crippen molar-refractivity contribution >= 4 is 5.91 Å². The minimum Gasteiger partial charge on any atom is -0.378 e. The standard InChI is InChI=1S/C14H24N2O2/c15-12-4-3-10-8-16(9-11(10)6-12)14(17)7-13-2-1-5-18-13/h10-13H,1-9,15H2/t10-,11+,12?,13?/m0/s1. The summed E-state index contributed by atoms with van der Waals surface area (Å²) in [6.07, 6.45) is 6.38. The molecule has 102 valence electrons. The highest BCUT2D eigenvalue weighted by Crippen LogP contribution is 2.36. The van der Waals surface area contributed by atoms with E-state index in [2.05, 4.69) is 4.90 Å². The third-order valence-electron chi connectivity index (χ3n) is 4.87. The highest BCUT2D eigenvalue weighted by atomic mass is 16.5. The van der Waals surface area contributed by atoms with Crippen molar-refractivity contribution in [1.29, 1.82) is 0 Å². The van der Waals surface area contributed by atoms with Crippen LogP contribution in [0.3, 0.4) is 0 Å². The predicted octanol–water partition coefficient (Wildman–Crippen LogP) is 1.14.